The van der Waals surface area contributed by atoms with E-state index in [1.165, 1.54) is 0 Å². The fourth-order valence-corrected chi connectivity index (χ4v) is 2.64. The Morgan fingerprint density at radius 1 is 1.42 bits per heavy atom. The minimum absolute atomic E-state index is 0.00470. The van der Waals surface area contributed by atoms with E-state index >= 15 is 0 Å². The highest BCUT2D eigenvalue weighted by Crippen LogP contribution is 2.45. The molecule has 1 aromatic heterocycles. The molecule has 0 saturated heterocycles. The molecular weight excluding hydrogens is 262 g/mol. The quantitative estimate of drug-likeness (QED) is 0.820. The summed E-state index contributed by atoms with van der Waals surface area (Å²) < 4.78 is 24.7. The summed E-state index contributed by atoms with van der Waals surface area (Å²) in [6.45, 7) is 4.55. The lowest BCUT2D eigenvalue weighted by molar-refractivity contribution is 0.451. The number of pyridine rings is 1. The molecule has 0 atom stereocenters. The first-order valence-corrected chi connectivity index (χ1v) is 8.38. The van der Waals surface area contributed by atoms with E-state index < -0.39 is 10.0 Å². The van der Waals surface area contributed by atoms with Crippen LogP contribution in [0.1, 0.15) is 37.9 Å². The molecule has 0 radical (unpaired) electrons. The van der Waals surface area contributed by atoms with Gasteiger partial charge in [-0.2, -0.15) is 0 Å². The van der Waals surface area contributed by atoms with Gasteiger partial charge in [0, 0.05) is 18.8 Å². The molecule has 1 aliphatic carbocycles. The summed E-state index contributed by atoms with van der Waals surface area (Å²) in [5.41, 5.74) is 1.94. The maximum atomic E-state index is 11.1. The molecule has 0 bridgehead atoms. The first kappa shape index (κ1) is 14.4. The molecule has 1 fully saturated rings. The molecule has 6 heteroatoms. The number of nitrogens with one attached hydrogen (secondary N) is 2. The Balaban J connectivity index is 2.11. The zero-order chi connectivity index (χ0) is 14.1. The van der Waals surface area contributed by atoms with Gasteiger partial charge in [0.1, 0.15) is 0 Å². The highest BCUT2D eigenvalue weighted by molar-refractivity contribution is 7.88. The van der Waals surface area contributed by atoms with Gasteiger partial charge in [-0.25, -0.2) is 13.1 Å². The number of aromatic nitrogens is 1. The fourth-order valence-electron chi connectivity index (χ4n) is 2.21. The van der Waals surface area contributed by atoms with Gasteiger partial charge in [-0.1, -0.05) is 0 Å². The van der Waals surface area contributed by atoms with Crippen molar-refractivity contribution in [3.63, 3.8) is 0 Å². The summed E-state index contributed by atoms with van der Waals surface area (Å²) in [4.78, 5) is 4.43. The van der Waals surface area contributed by atoms with E-state index in [1.54, 1.807) is 6.20 Å². The van der Waals surface area contributed by atoms with Crippen LogP contribution >= 0.6 is 0 Å². The Kier molecular flexibility index (Phi) is 3.94. The Morgan fingerprint density at radius 3 is 2.63 bits per heavy atom. The van der Waals surface area contributed by atoms with Crippen molar-refractivity contribution in [3.05, 3.63) is 29.6 Å². The monoisotopic (exact) mass is 283 g/mol. The highest BCUT2D eigenvalue weighted by atomic mass is 32.2. The van der Waals surface area contributed by atoms with Crippen LogP contribution in [0.2, 0.25) is 0 Å². The first-order valence-electron chi connectivity index (χ1n) is 6.48. The summed E-state index contributed by atoms with van der Waals surface area (Å²) in [6, 6.07) is 4.23. The van der Waals surface area contributed by atoms with Crippen LogP contribution in [0, 0.1) is 0 Å². The number of hydrogen-bond acceptors (Lipinski definition) is 4. The van der Waals surface area contributed by atoms with Gasteiger partial charge >= 0.3 is 0 Å². The first-order chi connectivity index (χ1) is 8.81. The van der Waals surface area contributed by atoms with Crippen molar-refractivity contribution in [2.75, 3.05) is 6.26 Å². The molecule has 0 aromatic carbocycles. The van der Waals surface area contributed by atoms with Gasteiger partial charge in [-0.15, -0.1) is 0 Å². The third kappa shape index (κ3) is 3.99. The number of hydrogen-bond donors (Lipinski definition) is 2. The van der Waals surface area contributed by atoms with E-state index in [2.05, 4.69) is 28.9 Å². The number of sulfonamides is 1. The molecule has 2 N–H and O–H groups in total. The Labute approximate surface area is 114 Å². The molecule has 0 aliphatic heterocycles. The predicted molar refractivity (Wildman–Crippen MR) is 75.1 cm³/mol. The van der Waals surface area contributed by atoms with E-state index in [-0.39, 0.29) is 5.54 Å². The molecule has 5 nitrogen and oxygen atoms in total. The van der Waals surface area contributed by atoms with Gasteiger partial charge in [0.25, 0.3) is 0 Å². The molecular formula is C13H21N3O2S. The second kappa shape index (κ2) is 5.19. The lowest BCUT2D eigenvalue weighted by Crippen LogP contribution is -2.35. The minimum Gasteiger partial charge on any atom is -0.304 e. The van der Waals surface area contributed by atoms with Gasteiger partial charge in [-0.3, -0.25) is 4.98 Å². The van der Waals surface area contributed by atoms with Gasteiger partial charge in [0.2, 0.25) is 10.0 Å². The van der Waals surface area contributed by atoms with Crippen molar-refractivity contribution in [1.82, 2.24) is 15.0 Å². The van der Waals surface area contributed by atoms with Crippen LogP contribution in [0.4, 0.5) is 0 Å². The molecule has 2 rings (SSSR count). The zero-order valence-corrected chi connectivity index (χ0v) is 12.4. The predicted octanol–water partition coefficient (Wildman–Crippen LogP) is 1.12. The maximum Gasteiger partial charge on any atom is 0.209 e. The molecule has 1 heterocycles. The highest BCUT2D eigenvalue weighted by Gasteiger charge is 2.45. The second-order valence-corrected chi connectivity index (χ2v) is 7.36. The van der Waals surface area contributed by atoms with Crippen LogP contribution in [0.15, 0.2) is 18.3 Å². The largest absolute Gasteiger partial charge is 0.304 e. The van der Waals surface area contributed by atoms with Crippen molar-refractivity contribution in [2.24, 2.45) is 0 Å². The van der Waals surface area contributed by atoms with E-state index in [0.717, 1.165) is 30.4 Å². The molecule has 19 heavy (non-hydrogen) atoms. The smallest absolute Gasteiger partial charge is 0.209 e. The zero-order valence-electron chi connectivity index (χ0n) is 11.6. The van der Waals surface area contributed by atoms with E-state index in [0.29, 0.717) is 12.6 Å². The standard InChI is InChI=1S/C13H21N3O2S/c1-10(2)16-13(5-6-13)12-8-11(4-7-14-12)9-15-19(3,17)18/h4,7-8,10,15-16H,5-6,9H2,1-3H3. The summed E-state index contributed by atoms with van der Waals surface area (Å²) >= 11 is 0. The number of rotatable bonds is 6. The van der Waals surface area contributed by atoms with E-state index in [4.69, 9.17) is 0 Å². The average molecular weight is 283 g/mol. The van der Waals surface area contributed by atoms with Gasteiger partial charge in [0.05, 0.1) is 17.5 Å². The Hall–Kier alpha value is -0.980. The molecule has 0 unspecified atom stereocenters. The molecule has 1 saturated carbocycles. The molecule has 106 valence electrons. The topological polar surface area (TPSA) is 71.1 Å². The summed E-state index contributed by atoms with van der Waals surface area (Å²) in [5.74, 6) is 0. The Morgan fingerprint density at radius 2 is 2.11 bits per heavy atom. The third-order valence-electron chi connectivity index (χ3n) is 3.17. The van der Waals surface area contributed by atoms with Gasteiger partial charge in [-0.05, 0) is 44.4 Å². The summed E-state index contributed by atoms with van der Waals surface area (Å²) in [7, 11) is -3.16. The van der Waals surface area contributed by atoms with Crippen molar-refractivity contribution in [3.8, 4) is 0 Å². The number of nitrogens with zero attached hydrogens (tertiary/aromatic N) is 1. The van der Waals surface area contributed by atoms with Crippen molar-refractivity contribution in [1.29, 1.82) is 0 Å². The maximum absolute atomic E-state index is 11.1. The van der Waals surface area contributed by atoms with Crippen molar-refractivity contribution < 1.29 is 8.42 Å². The third-order valence-corrected chi connectivity index (χ3v) is 3.84. The van der Waals surface area contributed by atoms with Gasteiger partial charge < -0.3 is 5.32 Å². The van der Waals surface area contributed by atoms with Gasteiger partial charge in [0.15, 0.2) is 0 Å². The fraction of sp³-hybridized carbons (Fsp3) is 0.615. The van der Waals surface area contributed by atoms with Crippen LogP contribution in [0.5, 0.6) is 0 Å². The molecule has 1 aliphatic rings. The lowest BCUT2D eigenvalue weighted by atomic mass is 10.1. The SMILES string of the molecule is CC(C)NC1(c2cc(CNS(C)(=O)=O)ccn2)CC1. The van der Waals surface area contributed by atoms with Crippen molar-refractivity contribution >= 4 is 10.0 Å². The second-order valence-electron chi connectivity index (χ2n) is 5.52. The molecule has 0 spiro atoms. The molecule has 0 amide bonds. The average Bonchev–Trinajstić information content (AvgIpc) is 3.06. The van der Waals surface area contributed by atoms with Crippen molar-refractivity contribution in [2.45, 2.75) is 44.8 Å². The van der Waals surface area contributed by atoms with E-state index in [1.807, 2.05) is 12.1 Å². The van der Waals surface area contributed by atoms with Crippen LogP contribution in [0.25, 0.3) is 0 Å². The van der Waals surface area contributed by atoms with Crippen LogP contribution < -0.4 is 10.0 Å². The Bertz CT molecular complexity index is 551. The van der Waals surface area contributed by atoms with Crippen LogP contribution in [0.3, 0.4) is 0 Å². The minimum atomic E-state index is -3.16. The molecule has 1 aromatic rings. The summed E-state index contributed by atoms with van der Waals surface area (Å²) in [5, 5.41) is 3.54. The van der Waals surface area contributed by atoms with Crippen LogP contribution in [-0.4, -0.2) is 25.7 Å². The van der Waals surface area contributed by atoms with Crippen LogP contribution in [-0.2, 0) is 22.1 Å². The van der Waals surface area contributed by atoms with E-state index in [9.17, 15) is 8.42 Å². The summed E-state index contributed by atoms with van der Waals surface area (Å²) in [6.07, 6.45) is 5.08. The lowest BCUT2D eigenvalue weighted by Gasteiger charge is -2.20. The normalized spacial score (nSPS) is 17.7.